The first-order valence-corrected chi connectivity index (χ1v) is 15.7. The van der Waals surface area contributed by atoms with Gasteiger partial charge in [-0.3, -0.25) is 0 Å². The highest BCUT2D eigenvalue weighted by Crippen LogP contribution is 2.41. The van der Waals surface area contributed by atoms with E-state index >= 15 is 0 Å². The molecule has 0 fully saturated rings. The first-order valence-electron chi connectivity index (χ1n) is 15.7. The fourth-order valence-electron chi connectivity index (χ4n) is 6.98. The van der Waals surface area contributed by atoms with E-state index in [1.54, 1.807) is 0 Å². The summed E-state index contributed by atoms with van der Waals surface area (Å²) in [5.41, 5.74) is 13.8. The Hall–Kier alpha value is -6.00. The second-order valence-corrected chi connectivity index (χ2v) is 11.7. The van der Waals surface area contributed by atoms with Crippen molar-refractivity contribution < 1.29 is 0 Å². The molecule has 9 rings (SSSR count). The van der Waals surface area contributed by atoms with Crippen molar-refractivity contribution in [1.82, 2.24) is 4.57 Å². The molecule has 0 aliphatic carbocycles. The van der Waals surface area contributed by atoms with Crippen LogP contribution in [0.5, 0.6) is 0 Å². The molecule has 215 valence electrons. The topological polar surface area (TPSA) is 20.2 Å². The van der Waals surface area contributed by atoms with Crippen molar-refractivity contribution in [3.63, 3.8) is 0 Å². The standard InChI is InChI=1S/C42H29BN3/c1-4-15-29(16-5-1)44-38-25-12-10-21-33(38)36-27-32(45(30-17-6-2-7-18-30)31-19-8-3-9-20-31)28-40-41(36)43-37-24-14-23-35-34-22-11-13-26-39(34)46(40)42(35)37/h1-28,44H. The number of para-hydroxylation sites is 6. The molecule has 7 aromatic carbocycles. The van der Waals surface area contributed by atoms with Crippen LogP contribution < -0.4 is 21.1 Å². The predicted octanol–water partition coefficient (Wildman–Crippen LogP) is 9.63. The van der Waals surface area contributed by atoms with Crippen LogP contribution in [0, 0.1) is 0 Å². The number of hydrogen-bond acceptors (Lipinski definition) is 2. The van der Waals surface area contributed by atoms with Crippen LogP contribution in [0.1, 0.15) is 0 Å². The summed E-state index contributed by atoms with van der Waals surface area (Å²) in [5, 5.41) is 6.26. The van der Waals surface area contributed by atoms with E-state index in [9.17, 15) is 0 Å². The highest BCUT2D eigenvalue weighted by molar-refractivity contribution is 6.73. The summed E-state index contributed by atoms with van der Waals surface area (Å²) in [6.45, 7) is 0. The zero-order valence-corrected chi connectivity index (χ0v) is 25.1. The number of aromatic nitrogens is 1. The van der Waals surface area contributed by atoms with Gasteiger partial charge < -0.3 is 14.8 Å². The summed E-state index contributed by atoms with van der Waals surface area (Å²) >= 11 is 0. The molecule has 2 heterocycles. The molecule has 1 radical (unpaired) electrons. The van der Waals surface area contributed by atoms with E-state index in [2.05, 4.69) is 186 Å². The molecule has 0 atom stereocenters. The molecule has 0 spiro atoms. The van der Waals surface area contributed by atoms with Crippen molar-refractivity contribution in [1.29, 1.82) is 0 Å². The fraction of sp³-hybridized carbons (Fsp3) is 0. The van der Waals surface area contributed by atoms with Crippen LogP contribution in [0.3, 0.4) is 0 Å². The molecule has 1 aromatic heterocycles. The van der Waals surface area contributed by atoms with Crippen molar-refractivity contribution >= 4 is 68.4 Å². The Morgan fingerprint density at radius 2 is 1.13 bits per heavy atom. The van der Waals surface area contributed by atoms with E-state index in [4.69, 9.17) is 0 Å². The van der Waals surface area contributed by atoms with E-state index in [0.29, 0.717) is 0 Å². The lowest BCUT2D eigenvalue weighted by Gasteiger charge is -2.30. The minimum absolute atomic E-state index is 1.06. The highest BCUT2D eigenvalue weighted by Gasteiger charge is 2.28. The van der Waals surface area contributed by atoms with Gasteiger partial charge in [0.25, 0.3) is 0 Å². The number of nitrogens with one attached hydrogen (secondary N) is 1. The number of anilines is 5. The molecule has 1 aliphatic rings. The molecule has 0 saturated heterocycles. The molecular weight excluding hydrogens is 557 g/mol. The average molecular weight is 587 g/mol. The summed E-state index contributed by atoms with van der Waals surface area (Å²) in [5.74, 6) is 0. The summed E-state index contributed by atoms with van der Waals surface area (Å²) < 4.78 is 2.48. The summed E-state index contributed by atoms with van der Waals surface area (Å²) in [6.07, 6.45) is 0. The predicted molar refractivity (Wildman–Crippen MR) is 196 cm³/mol. The van der Waals surface area contributed by atoms with Gasteiger partial charge in [-0.25, -0.2) is 0 Å². The van der Waals surface area contributed by atoms with Crippen molar-refractivity contribution in [3.8, 4) is 16.8 Å². The third-order valence-corrected chi connectivity index (χ3v) is 8.97. The largest absolute Gasteiger partial charge is 0.355 e. The Morgan fingerprint density at radius 1 is 0.500 bits per heavy atom. The van der Waals surface area contributed by atoms with Gasteiger partial charge >= 0.3 is 0 Å². The second-order valence-electron chi connectivity index (χ2n) is 11.7. The Morgan fingerprint density at radius 3 is 1.89 bits per heavy atom. The number of fused-ring (bicyclic) bond motifs is 5. The van der Waals surface area contributed by atoms with Gasteiger partial charge in [0, 0.05) is 56.0 Å². The molecule has 0 bridgehead atoms. The third-order valence-electron chi connectivity index (χ3n) is 8.97. The SMILES string of the molecule is [B]1c2c(-c3ccccc3Nc3ccccc3)cc(N(c3ccccc3)c3ccccc3)cc2-n2c3ccccc3c3cccc1c32. The maximum atomic E-state index is 3.72. The van der Waals surface area contributed by atoms with Crippen LogP contribution in [-0.4, -0.2) is 11.8 Å². The first-order chi connectivity index (χ1) is 22.8. The minimum Gasteiger partial charge on any atom is -0.355 e. The van der Waals surface area contributed by atoms with Crippen molar-refractivity contribution in [3.05, 3.63) is 170 Å². The van der Waals surface area contributed by atoms with E-state index in [0.717, 1.165) is 34.0 Å². The van der Waals surface area contributed by atoms with Crippen molar-refractivity contribution in [2.45, 2.75) is 0 Å². The number of rotatable bonds is 6. The summed E-state index contributed by atoms with van der Waals surface area (Å²) in [7, 11) is 2.38. The molecule has 0 unspecified atom stereocenters. The minimum atomic E-state index is 1.06. The zero-order valence-electron chi connectivity index (χ0n) is 25.1. The molecule has 4 heteroatoms. The molecule has 1 N–H and O–H groups in total. The quantitative estimate of drug-likeness (QED) is 0.196. The third kappa shape index (κ3) is 4.30. The summed E-state index contributed by atoms with van der Waals surface area (Å²) in [6, 6.07) is 60.5. The number of hydrogen-bond donors (Lipinski definition) is 1. The molecule has 8 aromatic rings. The van der Waals surface area contributed by atoms with Crippen LogP contribution in [0.15, 0.2) is 170 Å². The molecular formula is C42H29BN3. The Bertz CT molecular complexity index is 2320. The number of benzene rings is 7. The van der Waals surface area contributed by atoms with Crippen LogP contribution in [0.25, 0.3) is 38.6 Å². The van der Waals surface area contributed by atoms with E-state index in [1.165, 1.54) is 44.0 Å². The lowest BCUT2D eigenvalue weighted by atomic mass is 9.59. The van der Waals surface area contributed by atoms with E-state index < -0.39 is 0 Å². The van der Waals surface area contributed by atoms with Gasteiger partial charge in [0.1, 0.15) is 0 Å². The average Bonchev–Trinajstić information content (AvgIpc) is 3.46. The lowest BCUT2D eigenvalue weighted by Crippen LogP contribution is -2.37. The van der Waals surface area contributed by atoms with Crippen LogP contribution >= 0.6 is 0 Å². The fourth-order valence-corrected chi connectivity index (χ4v) is 6.98. The molecule has 46 heavy (non-hydrogen) atoms. The summed E-state index contributed by atoms with van der Waals surface area (Å²) in [4.78, 5) is 2.36. The van der Waals surface area contributed by atoms with Gasteiger partial charge in [-0.2, -0.15) is 0 Å². The Kier molecular flexibility index (Phi) is 6.24. The van der Waals surface area contributed by atoms with E-state index in [1.807, 2.05) is 6.07 Å². The second kappa shape index (κ2) is 10.9. The van der Waals surface area contributed by atoms with Crippen molar-refractivity contribution in [2.24, 2.45) is 0 Å². The molecule has 0 saturated carbocycles. The van der Waals surface area contributed by atoms with Crippen LogP contribution in [0.2, 0.25) is 0 Å². The van der Waals surface area contributed by atoms with Crippen molar-refractivity contribution in [2.75, 3.05) is 10.2 Å². The highest BCUT2D eigenvalue weighted by atomic mass is 15.1. The van der Waals surface area contributed by atoms with Crippen LogP contribution in [0.4, 0.5) is 28.4 Å². The zero-order chi connectivity index (χ0) is 30.5. The molecule has 0 amide bonds. The van der Waals surface area contributed by atoms with Gasteiger partial charge in [-0.1, -0.05) is 115 Å². The van der Waals surface area contributed by atoms with Crippen LogP contribution in [-0.2, 0) is 0 Å². The smallest absolute Gasteiger partial charge is 0.197 e. The monoisotopic (exact) mass is 586 g/mol. The number of nitrogens with zero attached hydrogens (tertiary/aromatic N) is 2. The molecule has 1 aliphatic heterocycles. The van der Waals surface area contributed by atoms with Gasteiger partial charge in [0.2, 0.25) is 0 Å². The van der Waals surface area contributed by atoms with Gasteiger partial charge in [0.05, 0.1) is 5.52 Å². The maximum absolute atomic E-state index is 3.72. The van der Waals surface area contributed by atoms with Gasteiger partial charge in [-0.05, 0) is 71.7 Å². The Balaban J connectivity index is 1.37. The maximum Gasteiger partial charge on any atom is 0.197 e. The first kappa shape index (κ1) is 26.4. The van der Waals surface area contributed by atoms with Gasteiger partial charge in [-0.15, -0.1) is 0 Å². The normalized spacial score (nSPS) is 11.7. The van der Waals surface area contributed by atoms with E-state index in [-0.39, 0.29) is 0 Å². The Labute approximate surface area is 269 Å². The van der Waals surface area contributed by atoms with Gasteiger partial charge in [0.15, 0.2) is 7.28 Å². The lowest BCUT2D eigenvalue weighted by molar-refractivity contribution is 1.18. The molecule has 3 nitrogen and oxygen atoms in total.